The molecule has 1 aliphatic rings. The van der Waals surface area contributed by atoms with Gasteiger partial charge >= 0.3 is 0 Å². The molecule has 0 radical (unpaired) electrons. The molecule has 84 valence electrons. The molecule has 6 heteroatoms. The summed E-state index contributed by atoms with van der Waals surface area (Å²) < 4.78 is 6.78. The van der Waals surface area contributed by atoms with Gasteiger partial charge in [-0.25, -0.2) is 4.98 Å². The number of rotatable bonds is 3. The third kappa shape index (κ3) is 1.71. The van der Waals surface area contributed by atoms with Crippen molar-refractivity contribution in [2.45, 2.75) is 25.4 Å². The van der Waals surface area contributed by atoms with Crippen LogP contribution in [0.15, 0.2) is 23.4 Å². The number of nitrogens with one attached hydrogen (secondary N) is 1. The molecule has 1 saturated heterocycles. The van der Waals surface area contributed by atoms with Gasteiger partial charge in [0.1, 0.15) is 0 Å². The highest BCUT2D eigenvalue weighted by Gasteiger charge is 2.20. The SMILES string of the molecule is c1nc(Cn2cncc2[C@@H]2CCCN2)no1. The molecule has 0 unspecified atom stereocenters. The Hall–Kier alpha value is -1.69. The van der Waals surface area contributed by atoms with Crippen LogP contribution in [-0.4, -0.2) is 26.2 Å². The Balaban J connectivity index is 1.82. The summed E-state index contributed by atoms with van der Waals surface area (Å²) in [6, 6.07) is 0.411. The number of hydrogen-bond donors (Lipinski definition) is 1. The van der Waals surface area contributed by atoms with Gasteiger partial charge in [0.05, 0.1) is 18.6 Å². The van der Waals surface area contributed by atoms with Crippen LogP contribution in [0, 0.1) is 0 Å². The molecule has 0 aromatic carbocycles. The van der Waals surface area contributed by atoms with E-state index in [1.54, 1.807) is 0 Å². The first kappa shape index (κ1) is 9.53. The van der Waals surface area contributed by atoms with E-state index in [-0.39, 0.29) is 0 Å². The zero-order valence-corrected chi connectivity index (χ0v) is 8.83. The molecule has 0 bridgehead atoms. The van der Waals surface area contributed by atoms with E-state index in [1.165, 1.54) is 18.5 Å². The zero-order valence-electron chi connectivity index (χ0n) is 8.83. The Morgan fingerprint density at radius 2 is 2.56 bits per heavy atom. The van der Waals surface area contributed by atoms with Crippen LogP contribution in [0.1, 0.15) is 30.4 Å². The Morgan fingerprint density at radius 1 is 1.56 bits per heavy atom. The zero-order chi connectivity index (χ0) is 10.8. The highest BCUT2D eigenvalue weighted by molar-refractivity contribution is 5.08. The molecule has 2 aromatic heterocycles. The summed E-state index contributed by atoms with van der Waals surface area (Å²) in [6.45, 7) is 1.70. The molecule has 1 atom stereocenters. The van der Waals surface area contributed by atoms with Gasteiger partial charge in [-0.2, -0.15) is 4.98 Å². The predicted molar refractivity (Wildman–Crippen MR) is 55.6 cm³/mol. The molecule has 0 aliphatic carbocycles. The standard InChI is InChI=1S/C10H13N5O/c1-2-8(12-3-1)9-4-11-6-15(9)5-10-13-7-16-14-10/h4,6-8,12H,1-3,5H2/t8-/m0/s1. The molecule has 1 aliphatic heterocycles. The normalized spacial score (nSPS) is 20.4. The van der Waals surface area contributed by atoms with Crippen LogP contribution in [0.25, 0.3) is 0 Å². The third-order valence-corrected chi connectivity index (χ3v) is 2.88. The first-order chi connectivity index (χ1) is 7.93. The van der Waals surface area contributed by atoms with E-state index >= 15 is 0 Å². The van der Waals surface area contributed by atoms with E-state index in [9.17, 15) is 0 Å². The first-order valence-electron chi connectivity index (χ1n) is 5.42. The minimum Gasteiger partial charge on any atom is -0.343 e. The average Bonchev–Trinajstić information content (AvgIpc) is 2.98. The summed E-state index contributed by atoms with van der Waals surface area (Å²) in [6.07, 6.45) is 7.45. The maximum Gasteiger partial charge on any atom is 0.213 e. The van der Waals surface area contributed by atoms with Gasteiger partial charge in [-0.3, -0.25) is 0 Å². The van der Waals surface area contributed by atoms with Gasteiger partial charge in [-0.1, -0.05) is 5.16 Å². The van der Waals surface area contributed by atoms with Gasteiger partial charge < -0.3 is 14.4 Å². The van der Waals surface area contributed by atoms with Gasteiger partial charge in [-0.15, -0.1) is 0 Å². The second-order valence-electron chi connectivity index (χ2n) is 3.94. The fourth-order valence-electron chi connectivity index (χ4n) is 2.10. The van der Waals surface area contributed by atoms with Crippen LogP contribution in [-0.2, 0) is 6.54 Å². The predicted octanol–water partition coefficient (Wildman–Crippen LogP) is 0.739. The summed E-state index contributed by atoms with van der Waals surface area (Å²) >= 11 is 0. The molecule has 0 saturated carbocycles. The Morgan fingerprint density at radius 3 is 3.31 bits per heavy atom. The highest BCUT2D eigenvalue weighted by Crippen LogP contribution is 2.22. The molecule has 3 heterocycles. The molecular weight excluding hydrogens is 206 g/mol. The van der Waals surface area contributed by atoms with Crippen molar-refractivity contribution in [3.8, 4) is 0 Å². The summed E-state index contributed by atoms with van der Waals surface area (Å²) in [4.78, 5) is 8.20. The number of nitrogens with zero attached hydrogens (tertiary/aromatic N) is 4. The van der Waals surface area contributed by atoms with Crippen LogP contribution in [0.3, 0.4) is 0 Å². The van der Waals surface area contributed by atoms with Crippen molar-refractivity contribution in [2.24, 2.45) is 0 Å². The first-order valence-corrected chi connectivity index (χ1v) is 5.42. The lowest BCUT2D eigenvalue weighted by Gasteiger charge is -2.12. The summed E-state index contributed by atoms with van der Waals surface area (Å²) in [5.41, 5.74) is 1.20. The lowest BCUT2D eigenvalue weighted by molar-refractivity contribution is 0.407. The molecule has 1 N–H and O–H groups in total. The van der Waals surface area contributed by atoms with Crippen molar-refractivity contribution < 1.29 is 4.52 Å². The van der Waals surface area contributed by atoms with Gasteiger partial charge in [0.25, 0.3) is 0 Å². The summed E-state index contributed by atoms with van der Waals surface area (Å²) in [7, 11) is 0. The van der Waals surface area contributed by atoms with E-state index in [0.717, 1.165) is 13.0 Å². The van der Waals surface area contributed by atoms with Crippen LogP contribution in [0.4, 0.5) is 0 Å². The topological polar surface area (TPSA) is 68.8 Å². The number of aromatic nitrogens is 4. The minimum absolute atomic E-state index is 0.411. The van der Waals surface area contributed by atoms with Crippen LogP contribution in [0.2, 0.25) is 0 Å². The van der Waals surface area contributed by atoms with E-state index < -0.39 is 0 Å². The lowest BCUT2D eigenvalue weighted by Crippen LogP contribution is -2.17. The van der Waals surface area contributed by atoms with Crippen LogP contribution >= 0.6 is 0 Å². The molecule has 0 amide bonds. The maximum absolute atomic E-state index is 4.72. The quantitative estimate of drug-likeness (QED) is 0.824. The van der Waals surface area contributed by atoms with Gasteiger partial charge in [0.2, 0.25) is 6.39 Å². The number of hydrogen-bond acceptors (Lipinski definition) is 5. The molecule has 0 spiro atoms. The van der Waals surface area contributed by atoms with Crippen LogP contribution in [0.5, 0.6) is 0 Å². The van der Waals surface area contributed by atoms with Crippen molar-refractivity contribution in [2.75, 3.05) is 6.54 Å². The summed E-state index contributed by atoms with van der Waals surface area (Å²) in [5.74, 6) is 0.678. The average molecular weight is 219 g/mol. The van der Waals surface area contributed by atoms with Crippen LogP contribution < -0.4 is 5.32 Å². The van der Waals surface area contributed by atoms with E-state index in [0.29, 0.717) is 18.4 Å². The molecular formula is C10H13N5O. The molecule has 2 aromatic rings. The van der Waals surface area contributed by atoms with E-state index in [1.807, 2.05) is 12.5 Å². The van der Waals surface area contributed by atoms with Gasteiger partial charge in [0, 0.05) is 12.2 Å². The molecule has 6 nitrogen and oxygen atoms in total. The minimum atomic E-state index is 0.411. The van der Waals surface area contributed by atoms with Crippen molar-refractivity contribution in [1.82, 2.24) is 25.0 Å². The second-order valence-corrected chi connectivity index (χ2v) is 3.94. The van der Waals surface area contributed by atoms with E-state index in [4.69, 9.17) is 4.52 Å². The van der Waals surface area contributed by atoms with Gasteiger partial charge in [0.15, 0.2) is 5.82 Å². The monoisotopic (exact) mass is 219 g/mol. The highest BCUT2D eigenvalue weighted by atomic mass is 16.5. The van der Waals surface area contributed by atoms with Crippen molar-refractivity contribution in [3.63, 3.8) is 0 Å². The van der Waals surface area contributed by atoms with Crippen molar-refractivity contribution >= 4 is 0 Å². The van der Waals surface area contributed by atoms with E-state index in [2.05, 4.69) is 25.0 Å². The third-order valence-electron chi connectivity index (χ3n) is 2.88. The largest absolute Gasteiger partial charge is 0.343 e. The smallest absolute Gasteiger partial charge is 0.213 e. The molecule has 3 rings (SSSR count). The second kappa shape index (κ2) is 4.05. The molecule has 1 fully saturated rings. The van der Waals surface area contributed by atoms with Crippen molar-refractivity contribution in [1.29, 1.82) is 0 Å². The Bertz CT molecular complexity index is 443. The fourth-order valence-corrected chi connectivity index (χ4v) is 2.10. The molecule has 16 heavy (non-hydrogen) atoms. The Kier molecular flexibility index (Phi) is 2.41. The summed E-state index contributed by atoms with van der Waals surface area (Å²) in [5, 5.41) is 7.26. The lowest BCUT2D eigenvalue weighted by atomic mass is 10.2. The number of imidazole rings is 1. The van der Waals surface area contributed by atoms with Gasteiger partial charge in [-0.05, 0) is 19.4 Å². The van der Waals surface area contributed by atoms with Crippen molar-refractivity contribution in [3.05, 3.63) is 30.4 Å². The Labute approximate surface area is 92.7 Å². The fraction of sp³-hybridized carbons (Fsp3) is 0.500. The maximum atomic E-state index is 4.72.